The maximum absolute atomic E-state index is 10.6. The molecular formula is C9H8NNaO3. The van der Waals surface area contributed by atoms with Crippen LogP contribution in [0.15, 0.2) is 29.3 Å². The van der Waals surface area contributed by atoms with Crippen LogP contribution in [-0.2, 0) is 0 Å². The number of carboxylic acid groups (broad SMARTS) is 1. The Balaban J connectivity index is 0.00000169. The second kappa shape index (κ2) is 5.80. The van der Waals surface area contributed by atoms with Crippen LogP contribution < -0.4 is 34.7 Å². The van der Waals surface area contributed by atoms with Gasteiger partial charge in [-0.3, -0.25) is 4.99 Å². The van der Waals surface area contributed by atoms with E-state index in [0.717, 1.165) is 0 Å². The zero-order valence-electron chi connectivity index (χ0n) is 8.02. The van der Waals surface area contributed by atoms with Gasteiger partial charge in [0.25, 0.3) is 0 Å². The Morgan fingerprint density at radius 2 is 2.14 bits per heavy atom. The number of carboxylic acids is 1. The van der Waals surface area contributed by atoms with E-state index in [2.05, 4.69) is 4.99 Å². The Morgan fingerprint density at radius 3 is 2.64 bits per heavy atom. The average Bonchev–Trinajstić information content (AvgIpc) is 2.03. The molecule has 0 bridgehead atoms. The first-order chi connectivity index (χ1) is 6.09. The van der Waals surface area contributed by atoms with E-state index in [1.165, 1.54) is 19.1 Å². The largest absolute Gasteiger partial charge is 1.00 e. The van der Waals surface area contributed by atoms with Crippen molar-refractivity contribution in [1.82, 2.24) is 0 Å². The third-order valence-corrected chi connectivity index (χ3v) is 1.38. The van der Waals surface area contributed by atoms with Gasteiger partial charge in [-0.05, 0) is 31.0 Å². The summed E-state index contributed by atoms with van der Waals surface area (Å²) < 4.78 is 0. The zero-order chi connectivity index (χ0) is 9.84. The Morgan fingerprint density at radius 1 is 1.50 bits per heavy atom. The summed E-state index contributed by atoms with van der Waals surface area (Å²) in [5.74, 6) is -1.37. The van der Waals surface area contributed by atoms with Crippen LogP contribution in [0.3, 0.4) is 0 Å². The van der Waals surface area contributed by atoms with E-state index in [1.54, 1.807) is 12.1 Å². The standard InChI is InChI=1S/C9H9NO3.Na/c1-6(11)10-8-4-2-3-7(5-8)9(12)13;/h2-5H,1H3,(H,10,11)(H,12,13);/q;+1/p-1. The number of nitrogens with zero attached hydrogens (tertiary/aromatic N) is 1. The van der Waals surface area contributed by atoms with Crippen molar-refractivity contribution < 1.29 is 44.6 Å². The molecule has 0 heterocycles. The summed E-state index contributed by atoms with van der Waals surface area (Å²) in [5.41, 5.74) is 0.495. The van der Waals surface area contributed by atoms with Crippen molar-refractivity contribution in [3.05, 3.63) is 29.8 Å². The summed E-state index contributed by atoms with van der Waals surface area (Å²) in [4.78, 5) is 14.1. The van der Waals surface area contributed by atoms with Gasteiger partial charge >= 0.3 is 35.5 Å². The molecule has 1 aromatic rings. The van der Waals surface area contributed by atoms with Gasteiger partial charge in [-0.25, -0.2) is 4.79 Å². The van der Waals surface area contributed by atoms with Gasteiger partial charge in [0, 0.05) is 0 Å². The molecule has 0 aliphatic carbocycles. The maximum atomic E-state index is 10.6. The topological polar surface area (TPSA) is 72.7 Å². The number of hydrogen-bond acceptors (Lipinski definition) is 3. The van der Waals surface area contributed by atoms with Crippen LogP contribution in [0.5, 0.6) is 0 Å². The molecule has 1 aromatic carbocycles. The van der Waals surface area contributed by atoms with E-state index < -0.39 is 5.97 Å². The van der Waals surface area contributed by atoms with E-state index in [0.29, 0.717) is 5.69 Å². The molecule has 0 saturated heterocycles. The average molecular weight is 201 g/mol. The molecule has 0 aromatic heterocycles. The van der Waals surface area contributed by atoms with Crippen molar-refractivity contribution in [1.29, 1.82) is 0 Å². The first kappa shape index (κ1) is 13.2. The summed E-state index contributed by atoms with van der Waals surface area (Å²) in [5, 5.41) is 19.2. The number of benzene rings is 1. The van der Waals surface area contributed by atoms with Crippen molar-refractivity contribution in [2.24, 2.45) is 4.99 Å². The minimum Gasteiger partial charge on any atom is -0.862 e. The molecule has 0 aliphatic rings. The molecule has 1 rings (SSSR count). The first-order valence-corrected chi connectivity index (χ1v) is 3.65. The molecular weight excluding hydrogens is 193 g/mol. The summed E-state index contributed by atoms with van der Waals surface area (Å²) in [6, 6.07) is 5.92. The van der Waals surface area contributed by atoms with E-state index in [4.69, 9.17) is 5.11 Å². The first-order valence-electron chi connectivity index (χ1n) is 3.65. The zero-order valence-corrected chi connectivity index (χ0v) is 10.0. The fourth-order valence-corrected chi connectivity index (χ4v) is 0.890. The van der Waals surface area contributed by atoms with Gasteiger partial charge in [-0.15, -0.1) is 0 Å². The number of aliphatic imine (C=N–C) groups is 1. The van der Waals surface area contributed by atoms with E-state index in [1.807, 2.05) is 0 Å². The normalized spacial score (nSPS) is 10.5. The van der Waals surface area contributed by atoms with Gasteiger partial charge < -0.3 is 10.2 Å². The van der Waals surface area contributed by atoms with E-state index in [-0.39, 0.29) is 41.0 Å². The van der Waals surface area contributed by atoms with E-state index >= 15 is 0 Å². The minimum atomic E-state index is -1.03. The SMILES string of the molecule is CC([O-])=Nc1cccc(C(=O)O)c1.[Na+]. The molecule has 68 valence electrons. The second-order valence-corrected chi connectivity index (χ2v) is 2.49. The van der Waals surface area contributed by atoms with Crippen LogP contribution in [0.4, 0.5) is 5.69 Å². The van der Waals surface area contributed by atoms with Crippen molar-refractivity contribution in [3.63, 3.8) is 0 Å². The molecule has 0 saturated carbocycles. The van der Waals surface area contributed by atoms with Gasteiger partial charge in [0.2, 0.25) is 0 Å². The number of rotatable bonds is 2. The van der Waals surface area contributed by atoms with Crippen LogP contribution in [-0.4, -0.2) is 17.0 Å². The minimum absolute atomic E-state index is 0. The molecule has 5 heteroatoms. The van der Waals surface area contributed by atoms with Crippen LogP contribution in [0, 0.1) is 0 Å². The predicted molar refractivity (Wildman–Crippen MR) is 46.2 cm³/mol. The molecule has 0 spiro atoms. The Labute approximate surface area is 104 Å². The summed E-state index contributed by atoms with van der Waals surface area (Å²) in [6.07, 6.45) is 0. The third kappa shape index (κ3) is 3.91. The van der Waals surface area contributed by atoms with E-state index in [9.17, 15) is 9.90 Å². The summed E-state index contributed by atoms with van der Waals surface area (Å²) in [7, 11) is 0. The predicted octanol–water partition coefficient (Wildman–Crippen LogP) is -2.20. The quantitative estimate of drug-likeness (QED) is 0.335. The van der Waals surface area contributed by atoms with Crippen molar-refractivity contribution in [2.45, 2.75) is 6.92 Å². The fourth-order valence-electron chi connectivity index (χ4n) is 0.890. The number of carbonyl (C=O) groups is 1. The molecule has 0 aliphatic heterocycles. The Kier molecular flexibility index (Phi) is 5.45. The van der Waals surface area contributed by atoms with Crippen molar-refractivity contribution >= 4 is 17.6 Å². The molecule has 4 nitrogen and oxygen atoms in total. The smallest absolute Gasteiger partial charge is 0.862 e. The summed E-state index contributed by atoms with van der Waals surface area (Å²) >= 11 is 0. The monoisotopic (exact) mass is 201 g/mol. The number of hydrogen-bond donors (Lipinski definition) is 1. The van der Waals surface area contributed by atoms with Crippen LogP contribution in [0.1, 0.15) is 17.3 Å². The van der Waals surface area contributed by atoms with Crippen molar-refractivity contribution in [3.8, 4) is 0 Å². The second-order valence-electron chi connectivity index (χ2n) is 2.49. The fraction of sp³-hybridized carbons (Fsp3) is 0.111. The molecule has 14 heavy (non-hydrogen) atoms. The van der Waals surface area contributed by atoms with Gasteiger partial charge in [-0.1, -0.05) is 6.07 Å². The van der Waals surface area contributed by atoms with Gasteiger partial charge in [-0.2, -0.15) is 0 Å². The molecule has 0 unspecified atom stereocenters. The van der Waals surface area contributed by atoms with Gasteiger partial charge in [0.1, 0.15) is 0 Å². The number of aromatic carboxylic acids is 1. The van der Waals surface area contributed by atoms with Gasteiger partial charge in [0.15, 0.2) is 0 Å². The Bertz CT molecular complexity index is 359. The Hall–Kier alpha value is -0.840. The van der Waals surface area contributed by atoms with Crippen LogP contribution in [0.25, 0.3) is 0 Å². The van der Waals surface area contributed by atoms with Gasteiger partial charge in [0.05, 0.1) is 11.3 Å². The van der Waals surface area contributed by atoms with Crippen LogP contribution in [0.2, 0.25) is 0 Å². The summed E-state index contributed by atoms with van der Waals surface area (Å²) in [6.45, 7) is 1.31. The van der Waals surface area contributed by atoms with Crippen LogP contribution >= 0.6 is 0 Å². The molecule has 0 radical (unpaired) electrons. The maximum Gasteiger partial charge on any atom is 1.00 e. The molecule has 1 N–H and O–H groups in total. The molecule has 0 atom stereocenters. The molecule has 0 amide bonds. The van der Waals surface area contributed by atoms with Crippen molar-refractivity contribution in [2.75, 3.05) is 0 Å². The third-order valence-electron chi connectivity index (χ3n) is 1.38. The molecule has 0 fully saturated rings.